The summed E-state index contributed by atoms with van der Waals surface area (Å²) in [5, 5.41) is 3.26. The zero-order valence-corrected chi connectivity index (χ0v) is 14.3. The van der Waals surface area contributed by atoms with E-state index in [1.54, 1.807) is 25.3 Å². The largest absolute Gasteiger partial charge is 0.455 e. The predicted molar refractivity (Wildman–Crippen MR) is 89.9 cm³/mol. The molecule has 1 N–H and O–H groups in total. The van der Waals surface area contributed by atoms with E-state index in [0.29, 0.717) is 29.7 Å². The van der Waals surface area contributed by atoms with Gasteiger partial charge in [-0.25, -0.2) is 0 Å². The fourth-order valence-corrected chi connectivity index (χ4v) is 3.38. The van der Waals surface area contributed by atoms with Crippen LogP contribution in [0.2, 0.25) is 5.02 Å². The number of rotatable bonds is 8. The highest BCUT2D eigenvalue weighted by Crippen LogP contribution is 2.18. The minimum Gasteiger partial charge on any atom is -0.455 e. The number of carbonyl (C=O) groups excluding carboxylic acids is 1. The molecule has 1 atom stereocenters. The van der Waals surface area contributed by atoms with Crippen LogP contribution in [-0.4, -0.2) is 30.4 Å². The Morgan fingerprint density at radius 3 is 2.78 bits per heavy atom. The summed E-state index contributed by atoms with van der Waals surface area (Å²) < 4.78 is 22.5. The first kappa shape index (κ1) is 17.7. The Balaban J connectivity index is 1.90. The monoisotopic (exact) mass is 355 g/mol. The molecule has 1 amide bonds. The summed E-state index contributed by atoms with van der Waals surface area (Å²) in [6.07, 6.45) is 0. The second-order valence-electron chi connectivity index (χ2n) is 4.83. The van der Waals surface area contributed by atoms with Crippen molar-refractivity contribution in [2.24, 2.45) is 0 Å². The number of nitrogens with one attached hydrogen (secondary N) is 1. The van der Waals surface area contributed by atoms with E-state index >= 15 is 0 Å². The van der Waals surface area contributed by atoms with Gasteiger partial charge in [0.05, 0.1) is 18.1 Å². The molecule has 23 heavy (non-hydrogen) atoms. The Morgan fingerprint density at radius 1 is 1.26 bits per heavy atom. The molecule has 7 heteroatoms. The van der Waals surface area contributed by atoms with Gasteiger partial charge < -0.3 is 14.5 Å². The Hall–Kier alpha value is -1.63. The van der Waals surface area contributed by atoms with Crippen molar-refractivity contribution >= 4 is 28.3 Å². The van der Waals surface area contributed by atoms with Gasteiger partial charge in [0.25, 0.3) is 5.91 Å². The van der Waals surface area contributed by atoms with Crippen LogP contribution in [-0.2, 0) is 27.0 Å². The molecule has 0 saturated heterocycles. The maximum atomic E-state index is 12.2. The average molecular weight is 356 g/mol. The maximum Gasteiger partial charge on any atom is 0.287 e. The highest BCUT2D eigenvalue weighted by molar-refractivity contribution is 7.83. The first-order chi connectivity index (χ1) is 11.1. The van der Waals surface area contributed by atoms with E-state index in [4.69, 9.17) is 20.8 Å². The Morgan fingerprint density at radius 2 is 2.04 bits per heavy atom. The fourth-order valence-electron chi connectivity index (χ4n) is 1.93. The molecule has 0 radical (unpaired) electrons. The molecule has 0 fully saturated rings. The number of ether oxygens (including phenoxy) is 1. The third kappa shape index (κ3) is 5.49. The van der Waals surface area contributed by atoms with Gasteiger partial charge in [0.2, 0.25) is 0 Å². The Bertz CT molecular complexity index is 686. The number of furan rings is 1. The molecule has 5 nitrogen and oxygen atoms in total. The molecular formula is C16H18ClNO4S. The molecule has 124 valence electrons. The SMILES string of the molecule is COCCNC(=O)c1ccc(C[S@@](=O)Cc2ccccc2Cl)o1. The van der Waals surface area contributed by atoms with Crippen LogP contribution in [0, 0.1) is 0 Å². The molecule has 0 saturated carbocycles. The number of halogens is 1. The van der Waals surface area contributed by atoms with Crippen molar-refractivity contribution < 1.29 is 18.2 Å². The first-order valence-electron chi connectivity index (χ1n) is 7.04. The van der Waals surface area contributed by atoms with Gasteiger partial charge in [-0.15, -0.1) is 0 Å². The summed E-state index contributed by atoms with van der Waals surface area (Å²) in [7, 11) is 0.392. The standard InChI is InChI=1S/C16H18ClNO4S/c1-21-9-8-18-16(19)15-7-6-13(22-15)11-23(20)10-12-4-2-3-5-14(12)17/h2-7H,8-11H2,1H3,(H,18,19)/t23-/m0/s1. The zero-order valence-electron chi connectivity index (χ0n) is 12.7. The minimum atomic E-state index is -1.17. The molecule has 2 aromatic rings. The normalized spacial score (nSPS) is 12.1. The fraction of sp³-hybridized carbons (Fsp3) is 0.312. The summed E-state index contributed by atoms with van der Waals surface area (Å²) >= 11 is 6.06. The highest BCUT2D eigenvalue weighted by Gasteiger charge is 2.13. The van der Waals surface area contributed by atoms with Crippen LogP contribution in [0.3, 0.4) is 0 Å². The van der Waals surface area contributed by atoms with Crippen molar-refractivity contribution in [1.29, 1.82) is 0 Å². The lowest BCUT2D eigenvalue weighted by atomic mass is 10.2. The second-order valence-corrected chi connectivity index (χ2v) is 6.70. The van der Waals surface area contributed by atoms with Crippen LogP contribution in [0.5, 0.6) is 0 Å². The molecule has 0 spiro atoms. The number of hydrogen-bond acceptors (Lipinski definition) is 4. The van der Waals surface area contributed by atoms with Crippen LogP contribution in [0.25, 0.3) is 0 Å². The lowest BCUT2D eigenvalue weighted by Gasteiger charge is -2.03. The molecule has 1 aromatic heterocycles. The molecular weight excluding hydrogens is 338 g/mol. The quantitative estimate of drug-likeness (QED) is 0.739. The van der Waals surface area contributed by atoms with Gasteiger partial charge in [-0.3, -0.25) is 9.00 Å². The van der Waals surface area contributed by atoms with E-state index in [1.807, 2.05) is 18.2 Å². The van der Waals surface area contributed by atoms with E-state index in [2.05, 4.69) is 5.32 Å². The molecule has 1 aromatic carbocycles. The van der Waals surface area contributed by atoms with Crippen LogP contribution in [0.1, 0.15) is 21.9 Å². The smallest absolute Gasteiger partial charge is 0.287 e. The lowest BCUT2D eigenvalue weighted by Crippen LogP contribution is -2.26. The average Bonchev–Trinajstić information content (AvgIpc) is 2.98. The van der Waals surface area contributed by atoms with Crippen molar-refractivity contribution in [2.45, 2.75) is 11.5 Å². The van der Waals surface area contributed by atoms with Gasteiger partial charge in [0.15, 0.2) is 5.76 Å². The first-order valence-corrected chi connectivity index (χ1v) is 8.91. The van der Waals surface area contributed by atoms with Crippen molar-refractivity contribution in [1.82, 2.24) is 5.32 Å². The molecule has 0 aliphatic carbocycles. The van der Waals surface area contributed by atoms with Gasteiger partial charge in [0.1, 0.15) is 5.76 Å². The number of benzene rings is 1. The summed E-state index contributed by atoms with van der Waals surface area (Å²) in [6, 6.07) is 10.5. The van der Waals surface area contributed by atoms with Crippen molar-refractivity contribution in [3.8, 4) is 0 Å². The van der Waals surface area contributed by atoms with Crippen molar-refractivity contribution in [3.05, 3.63) is 58.5 Å². The number of amides is 1. The molecule has 0 aliphatic rings. The number of hydrogen-bond donors (Lipinski definition) is 1. The van der Waals surface area contributed by atoms with E-state index in [0.717, 1.165) is 5.56 Å². The number of carbonyl (C=O) groups is 1. The van der Waals surface area contributed by atoms with Gasteiger partial charge >= 0.3 is 0 Å². The molecule has 0 bridgehead atoms. The topological polar surface area (TPSA) is 68.5 Å². The minimum absolute atomic E-state index is 0.200. The lowest BCUT2D eigenvalue weighted by molar-refractivity contribution is 0.0908. The van der Waals surface area contributed by atoms with Crippen molar-refractivity contribution in [3.63, 3.8) is 0 Å². The Kier molecular flexibility index (Phi) is 6.83. The van der Waals surface area contributed by atoms with E-state index in [9.17, 15) is 9.00 Å². The summed E-state index contributed by atoms with van der Waals surface area (Å²) in [5.74, 6) is 0.968. The summed E-state index contributed by atoms with van der Waals surface area (Å²) in [4.78, 5) is 11.8. The van der Waals surface area contributed by atoms with Gasteiger partial charge in [-0.2, -0.15) is 0 Å². The highest BCUT2D eigenvalue weighted by atomic mass is 35.5. The van der Waals surface area contributed by atoms with Crippen LogP contribution in [0.15, 0.2) is 40.8 Å². The summed E-state index contributed by atoms with van der Waals surface area (Å²) in [6.45, 7) is 0.838. The molecule has 0 unspecified atom stereocenters. The third-order valence-electron chi connectivity index (χ3n) is 3.05. The second kappa shape index (κ2) is 8.86. The number of methoxy groups -OCH3 is 1. The molecule has 1 heterocycles. The van der Waals surface area contributed by atoms with E-state index in [1.165, 1.54) is 0 Å². The van der Waals surface area contributed by atoms with Gasteiger partial charge in [-0.1, -0.05) is 29.8 Å². The molecule has 0 aliphatic heterocycles. The van der Waals surface area contributed by atoms with Crippen molar-refractivity contribution in [2.75, 3.05) is 20.3 Å². The zero-order chi connectivity index (χ0) is 16.7. The van der Waals surface area contributed by atoms with Crippen LogP contribution < -0.4 is 5.32 Å². The molecule has 2 rings (SSSR count). The van der Waals surface area contributed by atoms with E-state index < -0.39 is 10.8 Å². The van der Waals surface area contributed by atoms with Gasteiger partial charge in [-0.05, 0) is 23.8 Å². The van der Waals surface area contributed by atoms with Crippen LogP contribution in [0.4, 0.5) is 0 Å². The third-order valence-corrected chi connectivity index (χ3v) is 4.66. The Labute approximate surface area is 142 Å². The predicted octanol–water partition coefficient (Wildman–Crippen LogP) is 2.76. The van der Waals surface area contributed by atoms with Gasteiger partial charge in [0, 0.05) is 29.5 Å². The van der Waals surface area contributed by atoms with Crippen LogP contribution >= 0.6 is 11.6 Å². The van der Waals surface area contributed by atoms with E-state index in [-0.39, 0.29) is 17.4 Å². The summed E-state index contributed by atoms with van der Waals surface area (Å²) in [5.41, 5.74) is 0.830. The maximum absolute atomic E-state index is 12.2.